The molecule has 0 radical (unpaired) electrons. The first-order valence-electron chi connectivity index (χ1n) is 14.1. The number of carboxylic acids is 2. The van der Waals surface area contributed by atoms with Crippen LogP contribution in [0.15, 0.2) is 9.59 Å². The van der Waals surface area contributed by atoms with E-state index in [9.17, 15) is 29.4 Å². The van der Waals surface area contributed by atoms with Crippen molar-refractivity contribution in [1.82, 2.24) is 19.9 Å². The molecular formula is C30H34N4Na2O6S2. The van der Waals surface area contributed by atoms with Gasteiger partial charge in [0.2, 0.25) is 0 Å². The summed E-state index contributed by atoms with van der Waals surface area (Å²) in [4.78, 5) is 62.1. The van der Waals surface area contributed by atoms with E-state index in [-0.39, 0.29) is 81.1 Å². The van der Waals surface area contributed by atoms with Crippen molar-refractivity contribution in [2.45, 2.75) is 80.1 Å². The van der Waals surface area contributed by atoms with Gasteiger partial charge in [-0.25, -0.2) is 9.97 Å². The molecule has 0 amide bonds. The Labute approximate surface area is 307 Å². The van der Waals surface area contributed by atoms with E-state index in [0.717, 1.165) is 49.7 Å². The van der Waals surface area contributed by atoms with Crippen LogP contribution < -0.4 is 80.4 Å². The van der Waals surface area contributed by atoms with Crippen molar-refractivity contribution in [1.29, 1.82) is 0 Å². The van der Waals surface area contributed by atoms with Gasteiger partial charge in [0.25, 0.3) is 11.1 Å². The zero-order valence-electron chi connectivity index (χ0n) is 26.6. The van der Waals surface area contributed by atoms with Crippen LogP contribution in [0.2, 0.25) is 0 Å². The van der Waals surface area contributed by atoms with Crippen molar-refractivity contribution in [3.63, 3.8) is 0 Å². The van der Waals surface area contributed by atoms with E-state index in [1.165, 1.54) is 32.4 Å². The zero-order chi connectivity index (χ0) is 30.7. The van der Waals surface area contributed by atoms with E-state index in [0.29, 0.717) is 32.3 Å². The fourth-order valence-electron chi connectivity index (χ4n) is 6.04. The van der Waals surface area contributed by atoms with Gasteiger partial charge in [-0.05, 0) is 72.3 Å². The third-order valence-corrected chi connectivity index (χ3v) is 11.0. The Kier molecular flexibility index (Phi) is 11.6. The molecule has 44 heavy (non-hydrogen) atoms. The summed E-state index contributed by atoms with van der Waals surface area (Å²) in [5.74, 6) is -2.55. The number of hydrogen-bond donors (Lipinski definition) is 2. The number of nitrogens with one attached hydrogen (secondary N) is 2. The molecule has 2 unspecified atom stereocenters. The smallest absolute Gasteiger partial charge is 0.542 e. The maximum absolute atomic E-state index is 12.1. The normalized spacial score (nSPS) is 17.9. The molecule has 0 spiro atoms. The Hall–Kier alpha value is -1.38. The maximum atomic E-state index is 12.1. The molecule has 2 N–H and O–H groups in total. The molecule has 0 saturated heterocycles. The Morgan fingerprint density at radius 1 is 0.705 bits per heavy atom. The van der Waals surface area contributed by atoms with Gasteiger partial charge >= 0.3 is 59.1 Å². The monoisotopic (exact) mass is 656 g/mol. The van der Waals surface area contributed by atoms with Crippen LogP contribution in [0.5, 0.6) is 0 Å². The minimum atomic E-state index is -1.45. The van der Waals surface area contributed by atoms with Gasteiger partial charge in [-0.1, -0.05) is 41.5 Å². The van der Waals surface area contributed by atoms with Crippen LogP contribution in [0.3, 0.4) is 0 Å². The van der Waals surface area contributed by atoms with Gasteiger partial charge in [0.05, 0.1) is 10.8 Å². The summed E-state index contributed by atoms with van der Waals surface area (Å²) < 4.78 is 0. The number of carbonyl (C=O) groups excluding carboxylic acids is 2. The molecule has 14 heteroatoms. The Morgan fingerprint density at radius 2 is 1.05 bits per heavy atom. The number of nitrogens with zero attached hydrogens (tertiary/aromatic N) is 2. The van der Waals surface area contributed by atoms with Crippen molar-refractivity contribution < 1.29 is 78.9 Å². The molecule has 4 aromatic rings. The maximum Gasteiger partial charge on any atom is 1.00 e. The van der Waals surface area contributed by atoms with Gasteiger partial charge in [0, 0.05) is 9.75 Å². The van der Waals surface area contributed by atoms with E-state index < -0.39 is 23.6 Å². The summed E-state index contributed by atoms with van der Waals surface area (Å²) in [5.41, 5.74) is 1.81. The van der Waals surface area contributed by atoms with Crippen LogP contribution in [0.4, 0.5) is 0 Å². The Bertz CT molecular complexity index is 1710. The molecule has 6 rings (SSSR count). The number of rotatable bonds is 2. The van der Waals surface area contributed by atoms with Crippen LogP contribution in [0.25, 0.3) is 20.4 Å². The summed E-state index contributed by atoms with van der Waals surface area (Å²) in [6, 6.07) is 0. The standard InChI is InChI=1S/2C15H18N2O3S.2Na/c2*1-15(2,3)7-4-5-8-9(6-7)21-13-10(8)12(18)16-11(17-13)14(19)20;;/h2*7H,4-6H2,1-3H3,(H,19,20)(H,16,17,18);;/q;;2*+1/p-2. The molecule has 2 aliphatic carbocycles. The van der Waals surface area contributed by atoms with Gasteiger partial charge < -0.3 is 29.8 Å². The number of aryl methyl sites for hydroxylation is 2. The van der Waals surface area contributed by atoms with Gasteiger partial charge in [-0.15, -0.1) is 22.7 Å². The molecule has 0 bridgehead atoms. The van der Waals surface area contributed by atoms with Crippen molar-refractivity contribution in [3.05, 3.63) is 53.2 Å². The molecule has 2 aliphatic rings. The number of carbonyl (C=O) groups is 2. The number of aromatic carboxylic acids is 2. The quantitative estimate of drug-likeness (QED) is 0.215. The minimum absolute atomic E-state index is 0. The zero-order valence-corrected chi connectivity index (χ0v) is 32.2. The number of H-pyrrole nitrogens is 2. The van der Waals surface area contributed by atoms with E-state index in [4.69, 9.17) is 0 Å². The Morgan fingerprint density at radius 3 is 1.34 bits per heavy atom. The first-order valence-corrected chi connectivity index (χ1v) is 15.7. The van der Waals surface area contributed by atoms with E-state index in [2.05, 4.69) is 61.5 Å². The summed E-state index contributed by atoms with van der Waals surface area (Å²) >= 11 is 2.89. The largest absolute Gasteiger partial charge is 1.00 e. The fourth-order valence-corrected chi connectivity index (χ4v) is 8.64. The molecule has 4 heterocycles. The molecule has 10 nitrogen and oxygen atoms in total. The minimum Gasteiger partial charge on any atom is -0.542 e. The first kappa shape index (κ1) is 37.1. The van der Waals surface area contributed by atoms with Crippen molar-refractivity contribution >= 4 is 55.0 Å². The number of thiophene rings is 2. The van der Waals surface area contributed by atoms with E-state index >= 15 is 0 Å². The average Bonchev–Trinajstić information content (AvgIpc) is 3.45. The summed E-state index contributed by atoms with van der Waals surface area (Å²) in [7, 11) is 0. The number of carboxylic acid groups (broad SMARTS) is 2. The molecule has 0 fully saturated rings. The average molecular weight is 657 g/mol. The SMILES string of the molecule is CC(C)(C)C1CCc2c(sc3nc(C(=O)[O-])[nH]c(=O)c23)C1.CC(C)(C)C1CCc2c(sc3nc(C(=O)[O-])[nH]c(=O)c23)C1.[Na+].[Na+]. The van der Waals surface area contributed by atoms with Crippen molar-refractivity contribution in [2.75, 3.05) is 0 Å². The molecular weight excluding hydrogens is 622 g/mol. The molecule has 0 aliphatic heterocycles. The summed E-state index contributed by atoms with van der Waals surface area (Å²) in [5, 5.41) is 22.9. The van der Waals surface area contributed by atoms with Crippen LogP contribution in [0, 0.1) is 22.7 Å². The summed E-state index contributed by atoms with van der Waals surface area (Å²) in [6.45, 7) is 13.4. The molecule has 4 aromatic heterocycles. The number of fused-ring (bicyclic) bond motifs is 6. The van der Waals surface area contributed by atoms with Crippen molar-refractivity contribution in [2.24, 2.45) is 22.7 Å². The predicted molar refractivity (Wildman–Crippen MR) is 159 cm³/mol. The van der Waals surface area contributed by atoms with Crippen LogP contribution in [0.1, 0.15) is 96.5 Å². The Balaban J connectivity index is 0.000000230. The predicted octanol–water partition coefficient (Wildman–Crippen LogP) is -2.99. The van der Waals surface area contributed by atoms with Gasteiger partial charge in [0.1, 0.15) is 21.6 Å². The molecule has 224 valence electrons. The number of aromatic amines is 2. The van der Waals surface area contributed by atoms with Gasteiger partial charge in [-0.3, -0.25) is 9.59 Å². The third kappa shape index (κ3) is 7.43. The van der Waals surface area contributed by atoms with E-state index in [1.807, 2.05) is 0 Å². The second-order valence-corrected chi connectivity index (χ2v) is 15.6. The van der Waals surface area contributed by atoms with E-state index in [1.54, 1.807) is 0 Å². The molecule has 0 aromatic carbocycles. The molecule has 2 atom stereocenters. The van der Waals surface area contributed by atoms with Crippen LogP contribution in [-0.4, -0.2) is 31.9 Å². The first-order chi connectivity index (χ1) is 19.5. The number of hydrogen-bond acceptors (Lipinski definition) is 10. The topological polar surface area (TPSA) is 172 Å². The number of aromatic nitrogens is 4. The van der Waals surface area contributed by atoms with Crippen LogP contribution in [-0.2, 0) is 25.7 Å². The van der Waals surface area contributed by atoms with Crippen molar-refractivity contribution in [3.8, 4) is 0 Å². The second-order valence-electron chi connectivity index (χ2n) is 13.4. The van der Waals surface area contributed by atoms with Gasteiger partial charge in [0.15, 0.2) is 11.6 Å². The fraction of sp³-hybridized carbons (Fsp3) is 0.533. The third-order valence-electron chi connectivity index (χ3n) is 8.67. The van der Waals surface area contributed by atoms with Crippen LogP contribution >= 0.6 is 22.7 Å². The molecule has 0 saturated carbocycles. The van der Waals surface area contributed by atoms with Gasteiger partial charge in [-0.2, -0.15) is 0 Å². The second kappa shape index (κ2) is 13.8. The summed E-state index contributed by atoms with van der Waals surface area (Å²) in [6.07, 6.45) is 5.66.